The third-order valence-electron chi connectivity index (χ3n) is 13.5. The molecule has 6 nitrogen and oxygen atoms in total. The number of esters is 1. The summed E-state index contributed by atoms with van der Waals surface area (Å²) >= 11 is 0. The Morgan fingerprint density at radius 2 is 0.768 bits per heavy atom. The Morgan fingerprint density at radius 1 is 0.420 bits per heavy atom. The first-order valence-corrected chi connectivity index (χ1v) is 30.1. The highest BCUT2D eigenvalue weighted by atomic mass is 16.5. The molecule has 0 bridgehead atoms. The number of unbranched alkanes of at least 4 members (excludes halogenated alkanes) is 37. The summed E-state index contributed by atoms with van der Waals surface area (Å²) in [6.07, 6.45) is 75.3. The lowest BCUT2D eigenvalue weighted by Crippen LogP contribution is -2.45. The van der Waals surface area contributed by atoms with Gasteiger partial charge in [0.2, 0.25) is 5.91 Å². The maximum atomic E-state index is 12.5. The SMILES string of the molecule is CCCCC/C=C\C/C=C\CCCCCCCC(=O)OCCCCC/C=C\C=C/CCCCCCCCCCCCC(=O)NC(CO)C(O)/C=C/CCCCCCCCCCCCCCCCCC. The Labute approximate surface area is 428 Å². The maximum absolute atomic E-state index is 12.5. The normalized spacial score (nSPS) is 13.0. The zero-order chi connectivity index (χ0) is 50.0. The summed E-state index contributed by atoms with van der Waals surface area (Å²) in [6.45, 7) is 4.83. The lowest BCUT2D eigenvalue weighted by atomic mass is 10.0. The van der Waals surface area contributed by atoms with Gasteiger partial charge in [0.25, 0.3) is 0 Å². The van der Waals surface area contributed by atoms with Gasteiger partial charge in [0.05, 0.1) is 25.4 Å². The maximum Gasteiger partial charge on any atom is 0.305 e. The van der Waals surface area contributed by atoms with E-state index in [4.69, 9.17) is 4.74 Å². The van der Waals surface area contributed by atoms with Crippen molar-refractivity contribution in [2.24, 2.45) is 0 Å². The van der Waals surface area contributed by atoms with Gasteiger partial charge in [0, 0.05) is 12.8 Å². The third-order valence-corrected chi connectivity index (χ3v) is 13.5. The third kappa shape index (κ3) is 54.7. The summed E-state index contributed by atoms with van der Waals surface area (Å²) in [5, 5.41) is 23.2. The van der Waals surface area contributed by atoms with Crippen molar-refractivity contribution in [3.05, 3.63) is 60.8 Å². The van der Waals surface area contributed by atoms with Crippen LogP contribution in [0.25, 0.3) is 0 Å². The molecule has 0 saturated carbocycles. The Morgan fingerprint density at radius 3 is 1.22 bits per heavy atom. The van der Waals surface area contributed by atoms with Gasteiger partial charge >= 0.3 is 5.97 Å². The van der Waals surface area contributed by atoms with Gasteiger partial charge < -0.3 is 20.3 Å². The Bertz CT molecular complexity index is 1210. The van der Waals surface area contributed by atoms with Crippen LogP contribution in [0.5, 0.6) is 0 Å². The van der Waals surface area contributed by atoms with Crippen molar-refractivity contribution in [2.75, 3.05) is 13.2 Å². The predicted molar refractivity (Wildman–Crippen MR) is 301 cm³/mol. The number of carbonyl (C=O) groups excluding carboxylic acids is 2. The molecule has 0 aromatic rings. The Balaban J connectivity index is 3.52. The second kappa shape index (κ2) is 58.1. The van der Waals surface area contributed by atoms with Crippen molar-refractivity contribution in [2.45, 2.75) is 315 Å². The van der Waals surface area contributed by atoms with Gasteiger partial charge in [-0.1, -0.05) is 254 Å². The fourth-order valence-electron chi connectivity index (χ4n) is 8.89. The number of aliphatic hydroxyl groups excluding tert-OH is 2. The molecule has 0 aliphatic rings. The van der Waals surface area contributed by atoms with E-state index in [0.29, 0.717) is 19.4 Å². The number of nitrogens with one attached hydrogen (secondary N) is 1. The van der Waals surface area contributed by atoms with E-state index in [9.17, 15) is 19.8 Å². The van der Waals surface area contributed by atoms with E-state index in [-0.39, 0.29) is 18.5 Å². The molecule has 0 heterocycles. The fraction of sp³-hybridized carbons (Fsp3) is 0.810. The molecule has 402 valence electrons. The molecular weight excluding hydrogens is 851 g/mol. The van der Waals surface area contributed by atoms with Crippen LogP contribution in [0.3, 0.4) is 0 Å². The molecule has 1 amide bonds. The van der Waals surface area contributed by atoms with Crippen molar-refractivity contribution in [3.63, 3.8) is 0 Å². The monoisotopic (exact) mass is 966 g/mol. The molecule has 0 aliphatic heterocycles. The second-order valence-electron chi connectivity index (χ2n) is 20.3. The molecule has 3 N–H and O–H groups in total. The summed E-state index contributed by atoms with van der Waals surface area (Å²) in [4.78, 5) is 24.5. The first-order valence-electron chi connectivity index (χ1n) is 30.1. The minimum absolute atomic E-state index is 0.0287. The summed E-state index contributed by atoms with van der Waals surface area (Å²) in [7, 11) is 0. The highest BCUT2D eigenvalue weighted by molar-refractivity contribution is 5.76. The minimum atomic E-state index is -0.853. The molecule has 0 saturated heterocycles. The topological polar surface area (TPSA) is 95.9 Å². The van der Waals surface area contributed by atoms with Crippen molar-refractivity contribution in [1.82, 2.24) is 5.32 Å². The molecule has 69 heavy (non-hydrogen) atoms. The summed E-state index contributed by atoms with van der Waals surface area (Å²) in [5.74, 6) is -0.106. The number of hydrogen-bond donors (Lipinski definition) is 3. The highest BCUT2D eigenvalue weighted by Gasteiger charge is 2.18. The first-order chi connectivity index (χ1) is 34.0. The number of allylic oxidation sites excluding steroid dienone is 9. The van der Waals surface area contributed by atoms with Crippen LogP contribution in [0.1, 0.15) is 303 Å². The van der Waals surface area contributed by atoms with Gasteiger partial charge in [0.15, 0.2) is 0 Å². The van der Waals surface area contributed by atoms with Crippen LogP contribution in [-0.2, 0) is 14.3 Å². The molecular formula is C63H115NO5. The number of amides is 1. The molecule has 6 heteroatoms. The van der Waals surface area contributed by atoms with Crippen LogP contribution in [-0.4, -0.2) is 47.4 Å². The smallest absolute Gasteiger partial charge is 0.305 e. The van der Waals surface area contributed by atoms with Crippen LogP contribution in [0.2, 0.25) is 0 Å². The predicted octanol–water partition coefficient (Wildman–Crippen LogP) is 18.7. The van der Waals surface area contributed by atoms with Crippen molar-refractivity contribution < 1.29 is 24.5 Å². The molecule has 0 fully saturated rings. The lowest BCUT2D eigenvalue weighted by molar-refractivity contribution is -0.143. The average Bonchev–Trinajstić information content (AvgIpc) is 3.35. The molecule has 0 spiro atoms. The largest absolute Gasteiger partial charge is 0.466 e. The number of rotatable bonds is 55. The van der Waals surface area contributed by atoms with Crippen LogP contribution >= 0.6 is 0 Å². The number of hydrogen-bond acceptors (Lipinski definition) is 5. The minimum Gasteiger partial charge on any atom is -0.466 e. The summed E-state index contributed by atoms with van der Waals surface area (Å²) < 4.78 is 5.45. The molecule has 0 radical (unpaired) electrons. The first kappa shape index (κ1) is 66.6. The number of carbonyl (C=O) groups is 2. The standard InChI is InChI=1S/C63H115NO5/c1-3-5-7-9-11-13-15-17-19-20-24-28-31-35-39-43-47-51-55-61(66)60(59-65)64-62(67)56-52-48-44-40-36-32-29-25-22-21-23-26-30-34-38-42-46-50-54-58-69-63(68)57-53-49-45-41-37-33-27-18-16-14-12-10-8-6-4-2/h12,14,18,26-27,30,34,38,51,55,60-61,65-66H,3-11,13,15-17,19-25,28-29,31-33,35-37,39-50,52-54,56-59H2,1-2H3,(H,64,67)/b14-12-,27-18-,30-26-,38-34-,55-51+. The van der Waals surface area contributed by atoms with Gasteiger partial charge in [-0.15, -0.1) is 0 Å². The number of ether oxygens (including phenoxy) is 1. The summed E-state index contributed by atoms with van der Waals surface area (Å²) in [5.41, 5.74) is 0. The Kier molecular flexibility index (Phi) is 56.1. The van der Waals surface area contributed by atoms with Gasteiger partial charge in [-0.3, -0.25) is 9.59 Å². The van der Waals surface area contributed by atoms with Crippen LogP contribution < -0.4 is 5.32 Å². The molecule has 0 aromatic heterocycles. The molecule has 0 aliphatic carbocycles. The van der Waals surface area contributed by atoms with Gasteiger partial charge in [0.1, 0.15) is 0 Å². The fourth-order valence-corrected chi connectivity index (χ4v) is 8.89. The van der Waals surface area contributed by atoms with Crippen LogP contribution in [0.4, 0.5) is 0 Å². The number of aliphatic hydroxyl groups is 2. The quantitative estimate of drug-likeness (QED) is 0.0244. The highest BCUT2D eigenvalue weighted by Crippen LogP contribution is 2.16. The Hall–Kier alpha value is -2.44. The zero-order valence-corrected chi connectivity index (χ0v) is 45.8. The van der Waals surface area contributed by atoms with Crippen molar-refractivity contribution in [3.8, 4) is 0 Å². The molecule has 2 atom stereocenters. The lowest BCUT2D eigenvalue weighted by Gasteiger charge is -2.20. The van der Waals surface area contributed by atoms with E-state index < -0.39 is 12.1 Å². The van der Waals surface area contributed by atoms with E-state index >= 15 is 0 Å². The van der Waals surface area contributed by atoms with Crippen LogP contribution in [0.15, 0.2) is 60.8 Å². The molecule has 0 aromatic carbocycles. The average molecular weight is 967 g/mol. The van der Waals surface area contributed by atoms with E-state index in [1.807, 2.05) is 6.08 Å². The summed E-state index contributed by atoms with van der Waals surface area (Å²) in [6, 6.07) is -0.638. The van der Waals surface area contributed by atoms with E-state index in [1.54, 1.807) is 6.08 Å². The van der Waals surface area contributed by atoms with E-state index in [2.05, 4.69) is 67.8 Å². The van der Waals surface area contributed by atoms with E-state index in [1.165, 1.54) is 186 Å². The molecule has 2 unspecified atom stereocenters. The van der Waals surface area contributed by atoms with Gasteiger partial charge in [-0.05, 0) is 96.3 Å². The van der Waals surface area contributed by atoms with E-state index in [0.717, 1.165) is 89.9 Å². The second-order valence-corrected chi connectivity index (χ2v) is 20.3. The zero-order valence-electron chi connectivity index (χ0n) is 45.8. The van der Waals surface area contributed by atoms with Crippen molar-refractivity contribution >= 4 is 11.9 Å². The van der Waals surface area contributed by atoms with Gasteiger partial charge in [-0.25, -0.2) is 0 Å². The van der Waals surface area contributed by atoms with Crippen molar-refractivity contribution in [1.29, 1.82) is 0 Å². The van der Waals surface area contributed by atoms with Gasteiger partial charge in [-0.2, -0.15) is 0 Å². The molecule has 0 rings (SSSR count). The van der Waals surface area contributed by atoms with Crippen LogP contribution in [0, 0.1) is 0 Å².